The number of benzene rings is 1. The van der Waals surface area contributed by atoms with E-state index in [1.165, 1.54) is 0 Å². The largest absolute Gasteiger partial charge is 0.397 e. The van der Waals surface area contributed by atoms with Crippen LogP contribution in [0.15, 0.2) is 30.3 Å². The van der Waals surface area contributed by atoms with E-state index in [0.717, 1.165) is 11.3 Å². The summed E-state index contributed by atoms with van der Waals surface area (Å²) in [6, 6.07) is 8.99. The summed E-state index contributed by atoms with van der Waals surface area (Å²) in [6.45, 7) is 3.20. The van der Waals surface area contributed by atoms with E-state index in [0.29, 0.717) is 32.0 Å². The molecule has 7 nitrogen and oxygen atoms in total. The Hall–Kier alpha value is -3.00. The fourth-order valence-electron chi connectivity index (χ4n) is 2.61. The summed E-state index contributed by atoms with van der Waals surface area (Å²) < 4.78 is 0. The molecule has 2 heterocycles. The number of hydrogen-bond acceptors (Lipinski definition) is 6. The highest BCUT2D eigenvalue weighted by Crippen LogP contribution is 2.39. The zero-order valence-corrected chi connectivity index (χ0v) is 13.8. The summed E-state index contributed by atoms with van der Waals surface area (Å²) in [5.74, 6) is -0.360. The molecule has 0 aliphatic rings. The van der Waals surface area contributed by atoms with Crippen molar-refractivity contribution in [1.29, 1.82) is 0 Å². The Labute approximate surface area is 141 Å². The van der Waals surface area contributed by atoms with Gasteiger partial charge in [-0.3, -0.25) is 14.9 Å². The molecule has 8 heteroatoms. The number of hydrogen-bond donors (Lipinski definition) is 2. The lowest BCUT2D eigenvalue weighted by molar-refractivity contribution is -0.386. The van der Waals surface area contributed by atoms with E-state index in [1.807, 2.05) is 18.2 Å². The molecule has 0 spiro atoms. The van der Waals surface area contributed by atoms with Crippen LogP contribution < -0.4 is 11.1 Å². The SMILES string of the molecule is Cc1nc2sc(C(=O)Nc3ccccc3)c(N)c2c(C)c1[N+](=O)[O-]. The van der Waals surface area contributed by atoms with Crippen molar-refractivity contribution in [3.8, 4) is 0 Å². The van der Waals surface area contributed by atoms with E-state index in [2.05, 4.69) is 10.3 Å². The summed E-state index contributed by atoms with van der Waals surface area (Å²) in [6.07, 6.45) is 0. The molecule has 0 aliphatic heterocycles. The summed E-state index contributed by atoms with van der Waals surface area (Å²) in [5.41, 5.74) is 7.63. The van der Waals surface area contributed by atoms with Gasteiger partial charge in [-0.15, -0.1) is 11.3 Å². The molecule has 2 aromatic heterocycles. The number of pyridine rings is 1. The van der Waals surface area contributed by atoms with Crippen LogP contribution in [-0.4, -0.2) is 15.8 Å². The summed E-state index contributed by atoms with van der Waals surface area (Å²) in [5, 5.41) is 14.5. The second-order valence-corrected chi connectivity index (χ2v) is 6.27. The maximum absolute atomic E-state index is 12.5. The van der Waals surface area contributed by atoms with Crippen molar-refractivity contribution >= 4 is 44.5 Å². The Morgan fingerprint density at radius 2 is 1.96 bits per heavy atom. The van der Waals surface area contributed by atoms with Crippen LogP contribution in [0.4, 0.5) is 17.1 Å². The van der Waals surface area contributed by atoms with Gasteiger partial charge in [0, 0.05) is 16.6 Å². The maximum Gasteiger partial charge on any atom is 0.294 e. The molecule has 3 aromatic rings. The fourth-order valence-corrected chi connectivity index (χ4v) is 3.71. The van der Waals surface area contributed by atoms with Gasteiger partial charge in [-0.05, 0) is 26.0 Å². The molecule has 1 amide bonds. The topological polar surface area (TPSA) is 111 Å². The third-order valence-electron chi connectivity index (χ3n) is 3.69. The van der Waals surface area contributed by atoms with Gasteiger partial charge in [0.05, 0.1) is 10.6 Å². The third kappa shape index (κ3) is 2.56. The van der Waals surface area contributed by atoms with Gasteiger partial charge in [-0.2, -0.15) is 0 Å². The summed E-state index contributed by atoms with van der Waals surface area (Å²) >= 11 is 1.13. The van der Waals surface area contributed by atoms with Crippen molar-refractivity contribution < 1.29 is 9.72 Å². The zero-order chi connectivity index (χ0) is 17.4. The van der Waals surface area contributed by atoms with Gasteiger partial charge in [0.2, 0.25) is 0 Å². The van der Waals surface area contributed by atoms with E-state index < -0.39 is 4.92 Å². The molecule has 0 fully saturated rings. The first kappa shape index (κ1) is 15.9. The number of nitrogens with zero attached hydrogens (tertiary/aromatic N) is 2. The van der Waals surface area contributed by atoms with Crippen LogP contribution >= 0.6 is 11.3 Å². The molecule has 0 saturated heterocycles. The number of nitrogens with two attached hydrogens (primary N) is 1. The van der Waals surface area contributed by atoms with Crippen molar-refractivity contribution in [2.45, 2.75) is 13.8 Å². The van der Waals surface area contributed by atoms with E-state index in [1.54, 1.807) is 26.0 Å². The Morgan fingerprint density at radius 3 is 2.58 bits per heavy atom. The highest BCUT2D eigenvalue weighted by Gasteiger charge is 2.25. The molecular formula is C16H14N4O3S. The minimum atomic E-state index is -0.474. The van der Waals surface area contributed by atoms with E-state index in [4.69, 9.17) is 5.73 Å². The van der Waals surface area contributed by atoms with Crippen LogP contribution in [0.25, 0.3) is 10.2 Å². The van der Waals surface area contributed by atoms with Gasteiger partial charge in [0.1, 0.15) is 15.4 Å². The van der Waals surface area contributed by atoms with E-state index in [-0.39, 0.29) is 17.3 Å². The van der Waals surface area contributed by atoms with Crippen LogP contribution in [0, 0.1) is 24.0 Å². The van der Waals surface area contributed by atoms with Crippen LogP contribution in [0.5, 0.6) is 0 Å². The summed E-state index contributed by atoms with van der Waals surface area (Å²) in [4.78, 5) is 28.3. The highest BCUT2D eigenvalue weighted by molar-refractivity contribution is 7.21. The van der Waals surface area contributed by atoms with Crippen LogP contribution in [0.2, 0.25) is 0 Å². The van der Waals surface area contributed by atoms with Crippen LogP contribution in [-0.2, 0) is 0 Å². The average molecular weight is 342 g/mol. The first-order valence-electron chi connectivity index (χ1n) is 7.10. The number of anilines is 2. The molecule has 3 rings (SSSR count). The monoisotopic (exact) mass is 342 g/mol. The number of aryl methyl sites for hydroxylation is 2. The Balaban J connectivity index is 2.10. The number of nitro groups is 1. The number of nitrogens with one attached hydrogen (secondary N) is 1. The number of nitrogen functional groups attached to an aromatic ring is 1. The maximum atomic E-state index is 12.5. The number of thiophene rings is 1. The van der Waals surface area contributed by atoms with Crippen molar-refractivity contribution in [3.05, 3.63) is 56.6 Å². The van der Waals surface area contributed by atoms with Crippen LogP contribution in [0.1, 0.15) is 20.9 Å². The molecule has 24 heavy (non-hydrogen) atoms. The molecule has 0 atom stereocenters. The lowest BCUT2D eigenvalue weighted by Crippen LogP contribution is -2.11. The lowest BCUT2D eigenvalue weighted by Gasteiger charge is -2.04. The van der Waals surface area contributed by atoms with Crippen molar-refractivity contribution in [1.82, 2.24) is 4.98 Å². The number of para-hydroxylation sites is 1. The second-order valence-electron chi connectivity index (χ2n) is 5.27. The minimum absolute atomic E-state index is 0.0676. The van der Waals surface area contributed by atoms with Gasteiger partial charge in [-0.25, -0.2) is 4.98 Å². The number of carbonyl (C=O) groups excluding carboxylic acids is 1. The molecule has 0 bridgehead atoms. The molecule has 0 unspecified atom stereocenters. The predicted molar refractivity (Wildman–Crippen MR) is 94.6 cm³/mol. The molecule has 122 valence electrons. The molecule has 0 aliphatic carbocycles. The average Bonchev–Trinajstić information content (AvgIpc) is 2.84. The normalized spacial score (nSPS) is 10.8. The number of amides is 1. The van der Waals surface area contributed by atoms with Gasteiger partial charge in [0.25, 0.3) is 11.6 Å². The first-order chi connectivity index (χ1) is 11.4. The van der Waals surface area contributed by atoms with Gasteiger partial charge < -0.3 is 11.1 Å². The van der Waals surface area contributed by atoms with Gasteiger partial charge >= 0.3 is 0 Å². The Kier molecular flexibility index (Phi) is 3.90. The third-order valence-corrected chi connectivity index (χ3v) is 4.79. The molecule has 3 N–H and O–H groups in total. The standard InChI is InChI=1S/C16H14N4O3S/c1-8-11-12(17)14(15(21)19-10-6-4-3-5-7-10)24-16(11)18-9(2)13(8)20(22)23/h3-7H,17H2,1-2H3,(H,19,21). The van der Waals surface area contributed by atoms with Crippen molar-refractivity contribution in [2.24, 2.45) is 0 Å². The van der Waals surface area contributed by atoms with E-state index in [9.17, 15) is 14.9 Å². The fraction of sp³-hybridized carbons (Fsp3) is 0.125. The molecule has 1 aromatic carbocycles. The van der Waals surface area contributed by atoms with Crippen LogP contribution in [0.3, 0.4) is 0 Å². The Morgan fingerprint density at radius 1 is 1.29 bits per heavy atom. The first-order valence-corrected chi connectivity index (χ1v) is 7.91. The highest BCUT2D eigenvalue weighted by atomic mass is 32.1. The zero-order valence-electron chi connectivity index (χ0n) is 13.0. The number of fused-ring (bicyclic) bond motifs is 1. The molecular weight excluding hydrogens is 328 g/mol. The Bertz CT molecular complexity index is 967. The number of aromatic nitrogens is 1. The number of rotatable bonds is 3. The lowest BCUT2D eigenvalue weighted by atomic mass is 10.1. The van der Waals surface area contributed by atoms with Crippen molar-refractivity contribution in [3.63, 3.8) is 0 Å². The number of carbonyl (C=O) groups is 1. The van der Waals surface area contributed by atoms with Crippen molar-refractivity contribution in [2.75, 3.05) is 11.1 Å². The minimum Gasteiger partial charge on any atom is -0.397 e. The quantitative estimate of drug-likeness (QED) is 0.557. The van der Waals surface area contributed by atoms with E-state index >= 15 is 0 Å². The molecule has 0 radical (unpaired) electrons. The van der Waals surface area contributed by atoms with Gasteiger partial charge in [0.15, 0.2) is 0 Å². The van der Waals surface area contributed by atoms with Gasteiger partial charge in [-0.1, -0.05) is 18.2 Å². The second kappa shape index (κ2) is 5.89. The smallest absolute Gasteiger partial charge is 0.294 e. The molecule has 0 saturated carbocycles. The predicted octanol–water partition coefficient (Wildman–Crippen LogP) is 3.66. The summed E-state index contributed by atoms with van der Waals surface area (Å²) in [7, 11) is 0.